The number of hydrogen-bond donors (Lipinski definition) is 2. The molecule has 1 atom stereocenters. The number of aromatic nitrogens is 1. The molecule has 2 aromatic carbocycles. The molecular weight excluding hydrogens is 406 g/mol. The van der Waals surface area contributed by atoms with Crippen LogP contribution in [0.5, 0.6) is 0 Å². The van der Waals surface area contributed by atoms with Crippen molar-refractivity contribution < 1.29 is 24.5 Å². The summed E-state index contributed by atoms with van der Waals surface area (Å²) >= 11 is 6.05. The monoisotopic (exact) mass is 427 g/mol. The van der Waals surface area contributed by atoms with Gasteiger partial charge in [-0.3, -0.25) is 0 Å². The Hall–Kier alpha value is -2.96. The lowest BCUT2D eigenvalue weighted by molar-refractivity contribution is -0.160. The fourth-order valence-corrected chi connectivity index (χ4v) is 3.52. The number of pyridine rings is 1. The molecule has 30 heavy (non-hydrogen) atoms. The van der Waals surface area contributed by atoms with E-state index in [0.29, 0.717) is 32.6 Å². The first-order chi connectivity index (χ1) is 14.0. The van der Waals surface area contributed by atoms with Gasteiger partial charge in [-0.2, -0.15) is 0 Å². The second kappa shape index (κ2) is 8.05. The van der Waals surface area contributed by atoms with Crippen LogP contribution in [0, 0.1) is 6.92 Å². The molecule has 0 amide bonds. The molecule has 0 unspecified atom stereocenters. The van der Waals surface area contributed by atoms with Crippen molar-refractivity contribution in [1.82, 2.24) is 4.98 Å². The van der Waals surface area contributed by atoms with Gasteiger partial charge in [0.1, 0.15) is 5.69 Å². The summed E-state index contributed by atoms with van der Waals surface area (Å²) in [5.74, 6) is -2.25. The summed E-state index contributed by atoms with van der Waals surface area (Å²) in [4.78, 5) is 27.8. The fraction of sp³-hybridized carbons (Fsp3) is 0.261. The summed E-state index contributed by atoms with van der Waals surface area (Å²) in [5, 5.41) is 20.5. The van der Waals surface area contributed by atoms with Crippen LogP contribution in [0.25, 0.3) is 22.0 Å². The van der Waals surface area contributed by atoms with Gasteiger partial charge in [-0.25, -0.2) is 14.6 Å². The minimum Gasteiger partial charge on any atom is -0.479 e. The summed E-state index contributed by atoms with van der Waals surface area (Å²) in [6, 6.07) is 11.8. The van der Waals surface area contributed by atoms with Crippen LogP contribution in [-0.4, -0.2) is 32.7 Å². The highest BCUT2D eigenvalue weighted by Gasteiger charge is 2.31. The van der Waals surface area contributed by atoms with E-state index in [2.05, 4.69) is 4.98 Å². The quantitative estimate of drug-likeness (QED) is 0.557. The molecule has 0 aliphatic heterocycles. The predicted octanol–water partition coefficient (Wildman–Crippen LogP) is 5.50. The van der Waals surface area contributed by atoms with Gasteiger partial charge >= 0.3 is 11.9 Å². The van der Waals surface area contributed by atoms with Crippen LogP contribution in [-0.2, 0) is 9.53 Å². The highest BCUT2D eigenvalue weighted by molar-refractivity contribution is 6.30. The molecule has 0 aliphatic rings. The predicted molar refractivity (Wildman–Crippen MR) is 115 cm³/mol. The van der Waals surface area contributed by atoms with E-state index >= 15 is 0 Å². The highest BCUT2D eigenvalue weighted by Crippen LogP contribution is 2.40. The molecule has 0 saturated carbocycles. The lowest BCUT2D eigenvalue weighted by Crippen LogP contribution is -2.28. The van der Waals surface area contributed by atoms with Crippen LogP contribution >= 0.6 is 11.6 Å². The number of carboxylic acid groups (broad SMARTS) is 2. The SMILES string of the molecule is Cc1cc2nc(C(=O)O)ccc2c(-c2ccc(Cl)cc2)c1[C@H](OC(C)(C)C)C(=O)O. The van der Waals surface area contributed by atoms with Gasteiger partial charge < -0.3 is 14.9 Å². The molecule has 0 aliphatic carbocycles. The van der Waals surface area contributed by atoms with E-state index < -0.39 is 23.6 Å². The number of hydrogen-bond acceptors (Lipinski definition) is 4. The Morgan fingerprint density at radius 3 is 2.23 bits per heavy atom. The third-order valence-corrected chi connectivity index (χ3v) is 4.80. The standard InChI is InChI=1S/C23H22ClNO5/c1-12-11-17-15(9-10-16(25-17)21(26)27)19(13-5-7-14(24)8-6-13)18(12)20(22(28)29)30-23(2,3)4/h5-11,20H,1-4H3,(H,26,27)(H,28,29)/t20-/m0/s1. The number of ether oxygens (including phenoxy) is 1. The van der Waals surface area contributed by atoms with Crippen LogP contribution in [0.4, 0.5) is 0 Å². The van der Waals surface area contributed by atoms with E-state index in [0.717, 1.165) is 5.56 Å². The number of carboxylic acids is 2. The molecule has 0 fully saturated rings. The van der Waals surface area contributed by atoms with Gasteiger partial charge in [-0.1, -0.05) is 23.7 Å². The van der Waals surface area contributed by atoms with Crippen molar-refractivity contribution in [3.8, 4) is 11.1 Å². The van der Waals surface area contributed by atoms with Gasteiger partial charge in [0.25, 0.3) is 0 Å². The van der Waals surface area contributed by atoms with Gasteiger partial charge in [-0.15, -0.1) is 0 Å². The molecule has 0 saturated heterocycles. The molecule has 3 aromatic rings. The molecule has 3 rings (SSSR count). The number of carbonyl (C=O) groups is 2. The second-order valence-corrected chi connectivity index (χ2v) is 8.44. The van der Waals surface area contributed by atoms with E-state index in [1.807, 2.05) is 0 Å². The molecule has 2 N–H and O–H groups in total. The van der Waals surface area contributed by atoms with Crippen molar-refractivity contribution >= 4 is 34.4 Å². The van der Waals surface area contributed by atoms with E-state index in [9.17, 15) is 19.8 Å². The Kier molecular flexibility index (Phi) is 5.83. The Morgan fingerprint density at radius 2 is 1.70 bits per heavy atom. The number of halogens is 1. The zero-order chi connectivity index (χ0) is 22.2. The molecule has 1 heterocycles. The van der Waals surface area contributed by atoms with Crippen molar-refractivity contribution in [3.63, 3.8) is 0 Å². The number of benzene rings is 2. The summed E-state index contributed by atoms with van der Waals surface area (Å²) in [7, 11) is 0. The minimum atomic E-state index is -1.22. The zero-order valence-corrected chi connectivity index (χ0v) is 17.8. The Labute approximate surface area is 179 Å². The number of aromatic carboxylic acids is 1. The topological polar surface area (TPSA) is 96.7 Å². The van der Waals surface area contributed by atoms with Gasteiger partial charge in [0.15, 0.2) is 6.10 Å². The summed E-state index contributed by atoms with van der Waals surface area (Å²) in [6.07, 6.45) is -1.22. The maximum atomic E-state index is 12.2. The largest absolute Gasteiger partial charge is 0.479 e. The molecule has 1 aromatic heterocycles. The van der Waals surface area contributed by atoms with Crippen molar-refractivity contribution in [2.45, 2.75) is 39.4 Å². The smallest absolute Gasteiger partial charge is 0.354 e. The molecule has 0 radical (unpaired) electrons. The lowest BCUT2D eigenvalue weighted by Gasteiger charge is -2.28. The molecule has 0 spiro atoms. The fourth-order valence-electron chi connectivity index (χ4n) is 3.39. The molecule has 0 bridgehead atoms. The molecule has 7 heteroatoms. The Morgan fingerprint density at radius 1 is 1.07 bits per heavy atom. The Balaban J connectivity index is 2.40. The van der Waals surface area contributed by atoms with Crippen molar-refractivity contribution in [3.05, 3.63) is 64.3 Å². The first-order valence-corrected chi connectivity index (χ1v) is 9.70. The maximum absolute atomic E-state index is 12.2. The number of aliphatic carboxylic acids is 1. The van der Waals surface area contributed by atoms with Gasteiger partial charge in [0.05, 0.1) is 11.1 Å². The van der Waals surface area contributed by atoms with Gasteiger partial charge in [0.2, 0.25) is 0 Å². The number of fused-ring (bicyclic) bond motifs is 1. The zero-order valence-electron chi connectivity index (χ0n) is 17.1. The van der Waals surface area contributed by atoms with Crippen molar-refractivity contribution in [2.75, 3.05) is 0 Å². The first kappa shape index (κ1) is 21.7. The maximum Gasteiger partial charge on any atom is 0.354 e. The van der Waals surface area contributed by atoms with E-state index in [-0.39, 0.29) is 5.69 Å². The van der Waals surface area contributed by atoms with Crippen LogP contribution in [0.3, 0.4) is 0 Å². The first-order valence-electron chi connectivity index (χ1n) is 9.32. The lowest BCUT2D eigenvalue weighted by atomic mass is 9.88. The van der Waals surface area contributed by atoms with E-state index in [1.54, 1.807) is 64.1 Å². The summed E-state index contributed by atoms with van der Waals surface area (Å²) in [6.45, 7) is 7.15. The minimum absolute atomic E-state index is 0.0857. The Bertz CT molecular complexity index is 1130. The third kappa shape index (κ3) is 4.45. The van der Waals surface area contributed by atoms with E-state index in [1.165, 1.54) is 6.07 Å². The molecule has 156 valence electrons. The molecular formula is C23H22ClNO5. The number of rotatable bonds is 5. The van der Waals surface area contributed by atoms with E-state index in [4.69, 9.17) is 16.3 Å². The highest BCUT2D eigenvalue weighted by atomic mass is 35.5. The normalized spacial score (nSPS) is 12.7. The van der Waals surface area contributed by atoms with Crippen molar-refractivity contribution in [1.29, 1.82) is 0 Å². The van der Waals surface area contributed by atoms with Crippen LogP contribution in [0.15, 0.2) is 42.5 Å². The average molecular weight is 428 g/mol. The van der Waals surface area contributed by atoms with Crippen LogP contribution in [0.2, 0.25) is 5.02 Å². The average Bonchev–Trinajstić information content (AvgIpc) is 2.64. The second-order valence-electron chi connectivity index (χ2n) is 8.01. The number of aryl methyl sites for hydroxylation is 1. The van der Waals surface area contributed by atoms with Crippen LogP contribution < -0.4 is 0 Å². The summed E-state index contributed by atoms with van der Waals surface area (Å²) in [5.41, 5.74) is 2.17. The summed E-state index contributed by atoms with van der Waals surface area (Å²) < 4.78 is 5.92. The third-order valence-electron chi connectivity index (χ3n) is 4.55. The van der Waals surface area contributed by atoms with Crippen molar-refractivity contribution in [2.24, 2.45) is 0 Å². The van der Waals surface area contributed by atoms with Gasteiger partial charge in [-0.05, 0) is 74.7 Å². The van der Waals surface area contributed by atoms with Gasteiger partial charge in [0, 0.05) is 16.0 Å². The van der Waals surface area contributed by atoms with Crippen LogP contribution in [0.1, 0.15) is 48.5 Å². The number of nitrogens with zero attached hydrogens (tertiary/aromatic N) is 1. The molecule has 6 nitrogen and oxygen atoms in total.